The molecule has 18 heteroatoms. The van der Waals surface area contributed by atoms with Crippen LogP contribution in [-0.4, -0.2) is 55.6 Å². The number of benzene rings is 2. The molecule has 250 valence electrons. The molecule has 0 atom stereocenters. The van der Waals surface area contributed by atoms with Crippen molar-refractivity contribution in [3.63, 3.8) is 0 Å². The van der Waals surface area contributed by atoms with E-state index in [-0.39, 0.29) is 54.9 Å². The number of carboxylic acids is 1. The Kier molecular flexibility index (Phi) is 11.3. The van der Waals surface area contributed by atoms with E-state index in [1.807, 2.05) is 12.1 Å². The number of carbonyl (C=O) groups excluding carboxylic acids is 3. The van der Waals surface area contributed by atoms with Gasteiger partial charge in [-0.2, -0.15) is 9.50 Å². The maximum absolute atomic E-state index is 14.2. The molecule has 0 fully saturated rings. The van der Waals surface area contributed by atoms with Crippen molar-refractivity contribution in [2.75, 3.05) is 18.2 Å². The van der Waals surface area contributed by atoms with Crippen LogP contribution >= 0.6 is 0 Å². The molecule has 3 aromatic carbocycles. The number of esters is 1. The summed E-state index contributed by atoms with van der Waals surface area (Å²) in [7, 11) is 1.36. The van der Waals surface area contributed by atoms with Crippen LogP contribution < -0.4 is 38.7 Å². The van der Waals surface area contributed by atoms with Gasteiger partial charge >= 0.3 is 11.9 Å². The number of carboxylic acid groups (broad SMARTS) is 1. The van der Waals surface area contributed by atoms with Gasteiger partial charge in [0, 0.05) is 31.3 Å². The smallest absolute Gasteiger partial charge is 0.354 e. The largest absolute Gasteiger partial charge is 0.477 e. The molecule has 0 bridgehead atoms. The third kappa shape index (κ3) is 7.80. The second-order valence-corrected chi connectivity index (χ2v) is 9.64. The van der Waals surface area contributed by atoms with E-state index in [1.165, 1.54) is 19.2 Å². The molecular formula is C30H30FN9O8. The summed E-state index contributed by atoms with van der Waals surface area (Å²) in [5, 5.41) is 18.2. The van der Waals surface area contributed by atoms with Gasteiger partial charge in [-0.3, -0.25) is 19.2 Å². The Morgan fingerprint density at radius 2 is 1.65 bits per heavy atom. The van der Waals surface area contributed by atoms with E-state index in [2.05, 4.69) is 30.4 Å². The Labute approximate surface area is 270 Å². The Morgan fingerprint density at radius 1 is 0.979 bits per heavy atom. The van der Waals surface area contributed by atoms with Crippen molar-refractivity contribution in [3.8, 4) is 0 Å². The number of nitrogens with zero attached hydrogens (tertiary/aromatic N) is 4. The Hall–Kier alpha value is -6.56. The molecule has 0 unspecified atom stereocenters. The molecule has 0 saturated heterocycles. The van der Waals surface area contributed by atoms with Crippen LogP contribution in [0.4, 0.5) is 15.8 Å². The highest BCUT2D eigenvalue weighted by Crippen LogP contribution is 2.16. The van der Waals surface area contributed by atoms with Crippen LogP contribution in [0.3, 0.4) is 0 Å². The third-order valence-electron chi connectivity index (χ3n) is 6.56. The number of ether oxygens (including phenoxy) is 1. The van der Waals surface area contributed by atoms with E-state index in [1.54, 1.807) is 12.1 Å². The summed E-state index contributed by atoms with van der Waals surface area (Å²) >= 11 is 0. The third-order valence-corrected chi connectivity index (χ3v) is 6.56. The van der Waals surface area contributed by atoms with Gasteiger partial charge < -0.3 is 37.7 Å². The van der Waals surface area contributed by atoms with Crippen LogP contribution in [0.2, 0.25) is 0 Å². The lowest BCUT2D eigenvalue weighted by atomic mass is 10.1. The lowest BCUT2D eigenvalue weighted by molar-refractivity contribution is 0.0599. The zero-order chi connectivity index (χ0) is 34.4. The molecule has 17 nitrogen and oxygen atoms in total. The van der Waals surface area contributed by atoms with Crippen molar-refractivity contribution in [3.05, 3.63) is 114 Å². The van der Waals surface area contributed by atoms with Crippen molar-refractivity contribution in [1.82, 2.24) is 24.9 Å². The van der Waals surface area contributed by atoms with Crippen molar-refractivity contribution in [2.45, 2.75) is 27.1 Å². The van der Waals surface area contributed by atoms with Crippen molar-refractivity contribution < 1.29 is 33.4 Å². The first kappa shape index (κ1) is 35.9. The Bertz CT molecular complexity index is 2090. The molecule has 2 amide bonds. The fourth-order valence-corrected chi connectivity index (χ4v) is 4.05. The molecule has 0 aliphatic rings. The van der Waals surface area contributed by atoms with Crippen LogP contribution in [-0.2, 0) is 24.4 Å². The van der Waals surface area contributed by atoms with Gasteiger partial charge in [0.15, 0.2) is 5.69 Å². The molecule has 5 rings (SSSR count). The van der Waals surface area contributed by atoms with Gasteiger partial charge in [-0.15, -0.1) is 5.10 Å². The summed E-state index contributed by atoms with van der Waals surface area (Å²) in [6.45, 7) is 0.252. The highest BCUT2D eigenvalue weighted by Gasteiger charge is 2.21. The fourth-order valence-electron chi connectivity index (χ4n) is 4.05. The van der Waals surface area contributed by atoms with E-state index >= 15 is 0 Å². The summed E-state index contributed by atoms with van der Waals surface area (Å²) in [6.07, 6.45) is 0. The molecule has 2 heterocycles. The van der Waals surface area contributed by atoms with Gasteiger partial charge in [0.2, 0.25) is 5.82 Å². The molecule has 0 radical (unpaired) electrons. The summed E-state index contributed by atoms with van der Waals surface area (Å²) in [4.78, 5) is 76.7. The maximum atomic E-state index is 14.2. The van der Waals surface area contributed by atoms with Crippen LogP contribution in [0.15, 0.2) is 58.1 Å². The quantitative estimate of drug-likeness (QED) is 0.0869. The minimum Gasteiger partial charge on any atom is -0.477 e. The average Bonchev–Trinajstić information content (AvgIpc) is 3.52. The monoisotopic (exact) mass is 663 g/mol. The number of rotatable bonds is 10. The molecular weight excluding hydrogens is 633 g/mol. The number of primary amides is 1. The summed E-state index contributed by atoms with van der Waals surface area (Å²) in [6, 6.07) is 11.9. The van der Waals surface area contributed by atoms with Gasteiger partial charge in [0.25, 0.3) is 28.4 Å². The van der Waals surface area contributed by atoms with E-state index in [0.29, 0.717) is 17.7 Å². The predicted octanol–water partition coefficient (Wildman–Crippen LogP) is 0.349. The standard InChI is InChI=1S/C20H15FN8O6.C9H11NO2.CH4/c21-9-2-1-7(3-8(9)6-24-13-12(22)14(30)15(13)31)5-25-18(33)10-4-11(19(34)35)29-20(26-10)27-17(28-29)16(23)32;1-12-9(11)8-4-2-7(6-10)3-5-8;/h1-4,24H,5-6,22H2,(H2,23,32)(H,25,33)(H,34,35);2-5H,6,10H2,1H3;1H4. The molecule has 0 spiro atoms. The Morgan fingerprint density at radius 3 is 2.23 bits per heavy atom. The topological polar surface area (TPSA) is 277 Å². The van der Waals surface area contributed by atoms with Gasteiger partial charge in [0.05, 0.1) is 12.7 Å². The lowest BCUT2D eigenvalue weighted by Crippen LogP contribution is -2.37. The van der Waals surface area contributed by atoms with Crippen molar-refractivity contribution in [2.24, 2.45) is 11.5 Å². The normalized spacial score (nSPS) is 10.4. The van der Waals surface area contributed by atoms with Crippen molar-refractivity contribution in [1.29, 1.82) is 0 Å². The highest BCUT2D eigenvalue weighted by molar-refractivity contribution is 5.96. The number of nitrogens with one attached hydrogen (secondary N) is 2. The van der Waals surface area contributed by atoms with Gasteiger partial charge in [-0.1, -0.05) is 25.6 Å². The number of nitrogen functional groups attached to an aromatic ring is 1. The summed E-state index contributed by atoms with van der Waals surface area (Å²) in [5.74, 6) is -4.96. The SMILES string of the molecule is C.COC(=O)c1ccc(CN)cc1.NC(=O)c1nc2nc(C(=O)NCc3ccc(F)c(CNc4c(N)c(=O)c4=O)c3)cc(C(=O)O)n2n1. The average molecular weight is 664 g/mol. The second kappa shape index (κ2) is 15.1. The minimum atomic E-state index is -1.45. The molecule has 48 heavy (non-hydrogen) atoms. The van der Waals surface area contributed by atoms with Crippen LogP contribution in [0.25, 0.3) is 5.78 Å². The van der Waals surface area contributed by atoms with Crippen LogP contribution in [0.1, 0.15) is 66.1 Å². The van der Waals surface area contributed by atoms with E-state index in [0.717, 1.165) is 22.2 Å². The number of hydrogen-bond acceptors (Lipinski definition) is 13. The first-order chi connectivity index (χ1) is 22.3. The van der Waals surface area contributed by atoms with Crippen LogP contribution in [0, 0.1) is 5.82 Å². The number of carbonyl (C=O) groups is 4. The number of methoxy groups -OCH3 is 1. The number of nitrogens with two attached hydrogens (primary N) is 3. The zero-order valence-electron chi connectivity index (χ0n) is 24.4. The van der Waals surface area contributed by atoms with E-state index < -0.39 is 46.0 Å². The molecule has 0 aliphatic heterocycles. The number of hydrogen-bond donors (Lipinski definition) is 6. The molecule has 9 N–H and O–H groups in total. The number of aromatic carboxylic acids is 1. The highest BCUT2D eigenvalue weighted by atomic mass is 19.1. The van der Waals surface area contributed by atoms with Gasteiger partial charge in [-0.05, 0) is 35.4 Å². The van der Waals surface area contributed by atoms with Crippen LogP contribution in [0.5, 0.6) is 0 Å². The predicted molar refractivity (Wildman–Crippen MR) is 169 cm³/mol. The number of anilines is 2. The first-order valence-corrected chi connectivity index (χ1v) is 13.4. The van der Waals surface area contributed by atoms with E-state index in [4.69, 9.17) is 17.2 Å². The second-order valence-electron chi connectivity index (χ2n) is 9.64. The van der Waals surface area contributed by atoms with Crippen molar-refractivity contribution >= 4 is 40.9 Å². The first-order valence-electron chi connectivity index (χ1n) is 13.4. The van der Waals surface area contributed by atoms with E-state index in [9.17, 15) is 38.3 Å². The number of aromatic nitrogens is 4. The van der Waals surface area contributed by atoms with Gasteiger partial charge in [-0.25, -0.2) is 19.0 Å². The minimum absolute atomic E-state index is 0. The fraction of sp³-hybridized carbons (Fsp3) is 0.167. The summed E-state index contributed by atoms with van der Waals surface area (Å²) in [5.41, 5.74) is 15.4. The number of halogens is 1. The zero-order valence-corrected chi connectivity index (χ0v) is 24.4. The van der Waals surface area contributed by atoms with Gasteiger partial charge in [0.1, 0.15) is 22.9 Å². The summed E-state index contributed by atoms with van der Waals surface area (Å²) < 4.78 is 19.5. The molecule has 5 aromatic rings. The Balaban J connectivity index is 0.000000407. The lowest BCUT2D eigenvalue weighted by Gasteiger charge is -2.12. The number of fused-ring (bicyclic) bond motifs is 1. The molecule has 0 aliphatic carbocycles. The maximum Gasteiger partial charge on any atom is 0.354 e. The number of amides is 2. The molecule has 2 aromatic heterocycles. The molecule has 0 saturated carbocycles.